The SMILES string of the molecule is O=C1[C@H]2C=NN[C@H]2C(=O)N1c1cc(Cl)ccc1Cl. The van der Waals surface area contributed by atoms with Crippen LogP contribution >= 0.6 is 23.2 Å². The van der Waals surface area contributed by atoms with Gasteiger partial charge in [0.05, 0.1) is 10.7 Å². The van der Waals surface area contributed by atoms with Crippen LogP contribution in [0.25, 0.3) is 0 Å². The summed E-state index contributed by atoms with van der Waals surface area (Å²) in [4.78, 5) is 25.3. The van der Waals surface area contributed by atoms with Crippen molar-refractivity contribution in [2.75, 3.05) is 4.90 Å². The van der Waals surface area contributed by atoms with Crippen LogP contribution < -0.4 is 10.3 Å². The molecule has 0 unspecified atom stereocenters. The van der Waals surface area contributed by atoms with Crippen LogP contribution in [0.2, 0.25) is 10.0 Å². The molecular formula is C11H7Cl2N3O2. The molecule has 1 fully saturated rings. The number of anilines is 1. The first-order chi connectivity index (χ1) is 8.59. The highest BCUT2D eigenvalue weighted by atomic mass is 35.5. The van der Waals surface area contributed by atoms with Gasteiger partial charge in [-0.2, -0.15) is 5.10 Å². The van der Waals surface area contributed by atoms with Crippen LogP contribution in [0.4, 0.5) is 5.69 Å². The molecule has 0 radical (unpaired) electrons. The molecule has 92 valence electrons. The Bertz CT molecular complexity index is 588. The number of carbonyl (C=O) groups excluding carboxylic acids is 2. The van der Waals surface area contributed by atoms with Crippen LogP contribution in [0.3, 0.4) is 0 Å². The van der Waals surface area contributed by atoms with Crippen molar-refractivity contribution >= 4 is 46.9 Å². The molecule has 1 N–H and O–H groups in total. The summed E-state index contributed by atoms with van der Waals surface area (Å²) < 4.78 is 0. The number of halogens is 2. The van der Waals surface area contributed by atoms with Gasteiger partial charge in [-0.3, -0.25) is 15.0 Å². The van der Waals surface area contributed by atoms with E-state index in [0.717, 1.165) is 4.90 Å². The van der Waals surface area contributed by atoms with Crippen molar-refractivity contribution in [2.24, 2.45) is 11.0 Å². The van der Waals surface area contributed by atoms with Gasteiger partial charge in [0.25, 0.3) is 5.91 Å². The Morgan fingerprint density at radius 1 is 1.22 bits per heavy atom. The van der Waals surface area contributed by atoms with E-state index in [0.29, 0.717) is 15.7 Å². The first kappa shape index (κ1) is 11.5. The zero-order valence-corrected chi connectivity index (χ0v) is 10.4. The molecule has 0 aliphatic carbocycles. The Morgan fingerprint density at radius 3 is 2.72 bits per heavy atom. The predicted molar refractivity (Wildman–Crippen MR) is 67.9 cm³/mol. The van der Waals surface area contributed by atoms with Gasteiger partial charge in [0.2, 0.25) is 5.91 Å². The standard InChI is InChI=1S/C11H7Cl2N3O2/c12-5-1-2-7(13)8(3-5)16-10(17)6-4-14-15-9(6)11(16)18/h1-4,6,9,15H/t6-,9+/m0/s1. The topological polar surface area (TPSA) is 61.8 Å². The Labute approximate surface area is 112 Å². The van der Waals surface area contributed by atoms with E-state index in [4.69, 9.17) is 23.2 Å². The summed E-state index contributed by atoms with van der Waals surface area (Å²) in [5.41, 5.74) is 2.92. The van der Waals surface area contributed by atoms with Crippen LogP contribution in [-0.4, -0.2) is 24.1 Å². The number of hydrogen-bond acceptors (Lipinski definition) is 4. The van der Waals surface area contributed by atoms with E-state index in [-0.39, 0.29) is 11.8 Å². The third-order valence-electron chi connectivity index (χ3n) is 2.95. The molecule has 2 heterocycles. The van der Waals surface area contributed by atoms with Crippen molar-refractivity contribution in [1.29, 1.82) is 0 Å². The van der Waals surface area contributed by atoms with Gasteiger partial charge in [-0.25, -0.2) is 4.90 Å². The Balaban J connectivity index is 2.07. The lowest BCUT2D eigenvalue weighted by atomic mass is 10.1. The summed E-state index contributed by atoms with van der Waals surface area (Å²) in [5.74, 6) is -1.28. The van der Waals surface area contributed by atoms with Crippen molar-refractivity contribution in [2.45, 2.75) is 6.04 Å². The number of benzene rings is 1. The van der Waals surface area contributed by atoms with E-state index in [1.54, 1.807) is 12.1 Å². The van der Waals surface area contributed by atoms with E-state index < -0.39 is 12.0 Å². The van der Waals surface area contributed by atoms with E-state index in [1.165, 1.54) is 12.3 Å². The second-order valence-electron chi connectivity index (χ2n) is 4.02. The number of carbonyl (C=O) groups is 2. The van der Waals surface area contributed by atoms with Crippen LogP contribution in [0.15, 0.2) is 23.3 Å². The van der Waals surface area contributed by atoms with E-state index in [9.17, 15) is 9.59 Å². The number of rotatable bonds is 1. The molecule has 18 heavy (non-hydrogen) atoms. The molecule has 1 aromatic carbocycles. The molecule has 1 saturated heterocycles. The highest BCUT2D eigenvalue weighted by Crippen LogP contribution is 2.34. The highest BCUT2D eigenvalue weighted by Gasteiger charge is 2.50. The smallest absolute Gasteiger partial charge is 0.259 e. The lowest BCUT2D eigenvalue weighted by Crippen LogP contribution is -2.36. The normalized spacial score (nSPS) is 25.6. The average Bonchev–Trinajstić information content (AvgIpc) is 2.89. The van der Waals surface area contributed by atoms with Gasteiger partial charge in [-0.05, 0) is 18.2 Å². The number of fused-ring (bicyclic) bond motifs is 1. The van der Waals surface area contributed by atoms with Crippen LogP contribution in [0.5, 0.6) is 0 Å². The third-order valence-corrected chi connectivity index (χ3v) is 3.50. The molecule has 2 atom stereocenters. The summed E-state index contributed by atoms with van der Waals surface area (Å²) >= 11 is 11.9. The molecule has 2 amide bonds. The molecule has 1 aromatic rings. The molecule has 0 saturated carbocycles. The number of hydrazone groups is 1. The minimum Gasteiger partial charge on any atom is -0.297 e. The predicted octanol–water partition coefficient (Wildman–Crippen LogP) is 1.44. The fourth-order valence-corrected chi connectivity index (χ4v) is 2.44. The van der Waals surface area contributed by atoms with E-state index >= 15 is 0 Å². The lowest BCUT2D eigenvalue weighted by Gasteiger charge is -2.16. The molecule has 0 bridgehead atoms. The number of hydrogen-bond donors (Lipinski definition) is 1. The second kappa shape index (κ2) is 3.96. The molecule has 0 spiro atoms. The summed E-state index contributed by atoms with van der Waals surface area (Å²) in [7, 11) is 0. The monoisotopic (exact) mass is 283 g/mol. The van der Waals surface area contributed by atoms with Crippen molar-refractivity contribution in [3.8, 4) is 0 Å². The van der Waals surface area contributed by atoms with E-state index in [2.05, 4.69) is 10.5 Å². The molecule has 2 aliphatic heterocycles. The minimum atomic E-state index is -0.632. The van der Waals surface area contributed by atoms with Crippen LogP contribution in [-0.2, 0) is 9.59 Å². The maximum absolute atomic E-state index is 12.1. The zero-order chi connectivity index (χ0) is 12.9. The molecule has 7 heteroatoms. The highest BCUT2D eigenvalue weighted by molar-refractivity contribution is 6.38. The van der Waals surface area contributed by atoms with Crippen LogP contribution in [0.1, 0.15) is 0 Å². The third kappa shape index (κ3) is 1.51. The number of nitrogens with one attached hydrogen (secondary N) is 1. The van der Waals surface area contributed by atoms with Crippen molar-refractivity contribution in [3.63, 3.8) is 0 Å². The van der Waals surface area contributed by atoms with Gasteiger partial charge < -0.3 is 0 Å². The second-order valence-corrected chi connectivity index (χ2v) is 4.86. The van der Waals surface area contributed by atoms with Gasteiger partial charge in [-0.15, -0.1) is 0 Å². The van der Waals surface area contributed by atoms with Crippen molar-refractivity contribution in [3.05, 3.63) is 28.2 Å². The number of imide groups is 1. The Morgan fingerprint density at radius 2 is 2.00 bits per heavy atom. The Kier molecular flexibility index (Phi) is 2.53. The quantitative estimate of drug-likeness (QED) is 0.794. The summed E-state index contributed by atoms with van der Waals surface area (Å²) in [6.45, 7) is 0. The number of nitrogens with zero attached hydrogens (tertiary/aromatic N) is 2. The summed E-state index contributed by atoms with van der Waals surface area (Å²) in [5, 5.41) is 4.45. The average molecular weight is 284 g/mol. The van der Waals surface area contributed by atoms with Crippen molar-refractivity contribution < 1.29 is 9.59 Å². The number of amides is 2. The van der Waals surface area contributed by atoms with E-state index in [1.807, 2.05) is 0 Å². The molecule has 2 aliphatic rings. The fraction of sp³-hybridized carbons (Fsp3) is 0.182. The molecule has 3 rings (SSSR count). The van der Waals surface area contributed by atoms with Gasteiger partial charge >= 0.3 is 0 Å². The zero-order valence-electron chi connectivity index (χ0n) is 8.93. The summed E-state index contributed by atoms with van der Waals surface area (Å²) in [6.07, 6.45) is 1.43. The van der Waals surface area contributed by atoms with Gasteiger partial charge in [-0.1, -0.05) is 23.2 Å². The maximum Gasteiger partial charge on any atom is 0.259 e. The Hall–Kier alpha value is -1.59. The first-order valence-corrected chi connectivity index (χ1v) is 5.97. The van der Waals surface area contributed by atoms with Gasteiger partial charge in [0.15, 0.2) is 0 Å². The largest absolute Gasteiger partial charge is 0.297 e. The van der Waals surface area contributed by atoms with Crippen molar-refractivity contribution in [1.82, 2.24) is 5.43 Å². The lowest BCUT2D eigenvalue weighted by molar-refractivity contribution is -0.122. The van der Waals surface area contributed by atoms with Gasteiger partial charge in [0.1, 0.15) is 12.0 Å². The summed E-state index contributed by atoms with van der Waals surface area (Å²) in [6, 6.07) is 4.01. The maximum atomic E-state index is 12.1. The minimum absolute atomic E-state index is 0.304. The molecule has 5 nitrogen and oxygen atoms in total. The molecular weight excluding hydrogens is 277 g/mol. The van der Waals surface area contributed by atoms with Crippen LogP contribution in [0, 0.1) is 5.92 Å². The van der Waals surface area contributed by atoms with Gasteiger partial charge in [0, 0.05) is 11.2 Å². The molecule has 0 aromatic heterocycles. The first-order valence-electron chi connectivity index (χ1n) is 5.21. The fourth-order valence-electron chi connectivity index (χ4n) is 2.08.